The van der Waals surface area contributed by atoms with Crippen LogP contribution in [0.1, 0.15) is 36.2 Å². The van der Waals surface area contributed by atoms with Gasteiger partial charge in [0.2, 0.25) is 0 Å². The number of likely N-dealkylation sites (N-methyl/N-ethyl adjacent to an activating group) is 1. The van der Waals surface area contributed by atoms with E-state index < -0.39 is 0 Å². The molecule has 0 unspecified atom stereocenters. The molecule has 1 rings (SSSR count). The predicted octanol–water partition coefficient (Wildman–Crippen LogP) is 2.93. The molecule has 0 aliphatic rings. The fourth-order valence-corrected chi connectivity index (χ4v) is 1.92. The lowest BCUT2D eigenvalue weighted by atomic mass is 10.1. The lowest BCUT2D eigenvalue weighted by Gasteiger charge is -2.18. The van der Waals surface area contributed by atoms with Gasteiger partial charge in [0.05, 0.1) is 6.61 Å². The van der Waals surface area contributed by atoms with E-state index >= 15 is 0 Å². The summed E-state index contributed by atoms with van der Waals surface area (Å²) in [4.78, 5) is 14.0. The first-order chi connectivity index (χ1) is 9.60. The number of hydrogen-bond acceptors (Lipinski definition) is 3. The molecule has 4 nitrogen and oxygen atoms in total. The SMILES string of the molecule is CCCNc1ccc(C(=O)N(C)CCOCC)cc1C. The molecule has 4 heteroatoms. The number of anilines is 1. The molecular formula is C16H26N2O2. The van der Waals surface area contributed by atoms with Gasteiger partial charge in [-0.25, -0.2) is 0 Å². The van der Waals surface area contributed by atoms with Gasteiger partial charge in [-0.05, 0) is 44.0 Å². The van der Waals surface area contributed by atoms with E-state index in [4.69, 9.17) is 4.74 Å². The number of ether oxygens (including phenoxy) is 1. The summed E-state index contributed by atoms with van der Waals surface area (Å²) in [7, 11) is 1.81. The minimum absolute atomic E-state index is 0.0369. The van der Waals surface area contributed by atoms with Crippen LogP contribution in [0, 0.1) is 6.92 Å². The van der Waals surface area contributed by atoms with E-state index in [1.807, 2.05) is 32.0 Å². The Morgan fingerprint density at radius 2 is 2.10 bits per heavy atom. The first-order valence-corrected chi connectivity index (χ1v) is 7.27. The maximum Gasteiger partial charge on any atom is 0.253 e. The van der Waals surface area contributed by atoms with Gasteiger partial charge in [0.25, 0.3) is 5.91 Å². The van der Waals surface area contributed by atoms with Crippen LogP contribution in [-0.2, 0) is 4.74 Å². The summed E-state index contributed by atoms with van der Waals surface area (Å²) < 4.78 is 5.27. The molecule has 0 heterocycles. The van der Waals surface area contributed by atoms with Gasteiger partial charge in [0.1, 0.15) is 0 Å². The molecule has 1 aromatic rings. The Morgan fingerprint density at radius 1 is 1.35 bits per heavy atom. The van der Waals surface area contributed by atoms with Crippen molar-refractivity contribution in [1.29, 1.82) is 0 Å². The standard InChI is InChI=1S/C16H26N2O2/c1-5-9-17-15-8-7-14(12-13(15)3)16(19)18(4)10-11-20-6-2/h7-8,12,17H,5-6,9-11H2,1-4H3. The van der Waals surface area contributed by atoms with Gasteiger partial charge >= 0.3 is 0 Å². The smallest absolute Gasteiger partial charge is 0.253 e. The normalized spacial score (nSPS) is 10.4. The zero-order valence-corrected chi connectivity index (χ0v) is 13.0. The number of carbonyl (C=O) groups excluding carboxylic acids is 1. The van der Waals surface area contributed by atoms with Gasteiger partial charge in [-0.1, -0.05) is 6.92 Å². The average Bonchev–Trinajstić information content (AvgIpc) is 2.45. The molecule has 0 fully saturated rings. The summed E-state index contributed by atoms with van der Waals surface area (Å²) >= 11 is 0. The van der Waals surface area contributed by atoms with Crippen molar-refractivity contribution < 1.29 is 9.53 Å². The van der Waals surface area contributed by atoms with Crippen molar-refractivity contribution in [3.8, 4) is 0 Å². The van der Waals surface area contributed by atoms with E-state index in [1.165, 1.54) is 0 Å². The van der Waals surface area contributed by atoms with E-state index in [9.17, 15) is 4.79 Å². The fraction of sp³-hybridized carbons (Fsp3) is 0.562. The molecule has 0 spiro atoms. The second-order valence-electron chi connectivity index (χ2n) is 4.88. The van der Waals surface area contributed by atoms with E-state index in [0.717, 1.165) is 29.8 Å². The number of rotatable bonds is 8. The van der Waals surface area contributed by atoms with Crippen molar-refractivity contribution in [3.63, 3.8) is 0 Å². The molecule has 0 radical (unpaired) electrons. The number of hydrogen-bond donors (Lipinski definition) is 1. The molecule has 0 bridgehead atoms. The van der Waals surface area contributed by atoms with Crippen LogP contribution in [0.4, 0.5) is 5.69 Å². The first kappa shape index (κ1) is 16.5. The molecule has 0 atom stereocenters. The van der Waals surface area contributed by atoms with E-state index in [0.29, 0.717) is 19.8 Å². The highest BCUT2D eigenvalue weighted by Gasteiger charge is 2.12. The third-order valence-corrected chi connectivity index (χ3v) is 3.16. The maximum absolute atomic E-state index is 12.3. The molecule has 0 saturated carbocycles. The highest BCUT2D eigenvalue weighted by molar-refractivity contribution is 5.94. The number of carbonyl (C=O) groups is 1. The first-order valence-electron chi connectivity index (χ1n) is 7.27. The molecule has 1 N–H and O–H groups in total. The fourth-order valence-electron chi connectivity index (χ4n) is 1.92. The van der Waals surface area contributed by atoms with Crippen LogP contribution in [0.2, 0.25) is 0 Å². The molecule has 0 aliphatic carbocycles. The molecular weight excluding hydrogens is 252 g/mol. The van der Waals surface area contributed by atoms with Crippen molar-refractivity contribution in [2.24, 2.45) is 0 Å². The largest absolute Gasteiger partial charge is 0.385 e. The Kier molecular flexibility index (Phi) is 7.09. The molecule has 20 heavy (non-hydrogen) atoms. The molecule has 1 aromatic carbocycles. The Labute approximate surface area is 122 Å². The van der Waals surface area contributed by atoms with Gasteiger partial charge in [0, 0.05) is 38.0 Å². The Bertz CT molecular complexity index is 432. The topological polar surface area (TPSA) is 41.6 Å². The minimum Gasteiger partial charge on any atom is -0.385 e. The van der Waals surface area contributed by atoms with Crippen LogP contribution in [0.5, 0.6) is 0 Å². The van der Waals surface area contributed by atoms with Gasteiger partial charge in [0.15, 0.2) is 0 Å². The van der Waals surface area contributed by atoms with Gasteiger partial charge in [-0.2, -0.15) is 0 Å². The van der Waals surface area contributed by atoms with Crippen LogP contribution < -0.4 is 5.32 Å². The third-order valence-electron chi connectivity index (χ3n) is 3.16. The summed E-state index contributed by atoms with van der Waals surface area (Å²) in [5, 5.41) is 3.35. The van der Waals surface area contributed by atoms with Crippen molar-refractivity contribution in [1.82, 2.24) is 4.90 Å². The second kappa shape index (κ2) is 8.59. The van der Waals surface area contributed by atoms with E-state index in [-0.39, 0.29) is 5.91 Å². The van der Waals surface area contributed by atoms with Crippen molar-refractivity contribution in [2.75, 3.05) is 38.7 Å². The van der Waals surface area contributed by atoms with Crippen molar-refractivity contribution in [2.45, 2.75) is 27.2 Å². The highest BCUT2D eigenvalue weighted by atomic mass is 16.5. The zero-order chi connectivity index (χ0) is 15.0. The molecule has 1 amide bonds. The number of benzene rings is 1. The maximum atomic E-state index is 12.3. The predicted molar refractivity (Wildman–Crippen MR) is 83.4 cm³/mol. The molecule has 0 saturated heterocycles. The van der Waals surface area contributed by atoms with Gasteiger partial charge in [-0.15, -0.1) is 0 Å². The quantitative estimate of drug-likeness (QED) is 0.743. The lowest BCUT2D eigenvalue weighted by Crippen LogP contribution is -2.30. The van der Waals surface area contributed by atoms with Crippen molar-refractivity contribution in [3.05, 3.63) is 29.3 Å². The summed E-state index contributed by atoms with van der Waals surface area (Å²) in [6, 6.07) is 5.80. The lowest BCUT2D eigenvalue weighted by molar-refractivity contribution is 0.0710. The van der Waals surface area contributed by atoms with Crippen LogP contribution in [-0.4, -0.2) is 44.2 Å². The number of nitrogens with zero attached hydrogens (tertiary/aromatic N) is 1. The third kappa shape index (κ3) is 4.85. The molecule has 0 aliphatic heterocycles. The summed E-state index contributed by atoms with van der Waals surface area (Å²) in [5.74, 6) is 0.0369. The second-order valence-corrected chi connectivity index (χ2v) is 4.88. The number of aryl methyl sites for hydroxylation is 1. The minimum atomic E-state index is 0.0369. The van der Waals surface area contributed by atoms with E-state index in [1.54, 1.807) is 11.9 Å². The van der Waals surface area contributed by atoms with Crippen LogP contribution in [0.25, 0.3) is 0 Å². The Hall–Kier alpha value is -1.55. The summed E-state index contributed by atoms with van der Waals surface area (Å²) in [6.07, 6.45) is 1.08. The summed E-state index contributed by atoms with van der Waals surface area (Å²) in [5.41, 5.74) is 2.92. The molecule has 112 valence electrons. The van der Waals surface area contributed by atoms with Crippen LogP contribution in [0.15, 0.2) is 18.2 Å². The highest BCUT2D eigenvalue weighted by Crippen LogP contribution is 2.17. The van der Waals surface area contributed by atoms with Gasteiger partial charge < -0.3 is 15.0 Å². The van der Waals surface area contributed by atoms with Crippen LogP contribution in [0.3, 0.4) is 0 Å². The average molecular weight is 278 g/mol. The van der Waals surface area contributed by atoms with Gasteiger partial charge in [-0.3, -0.25) is 4.79 Å². The van der Waals surface area contributed by atoms with Crippen LogP contribution >= 0.6 is 0 Å². The summed E-state index contributed by atoms with van der Waals surface area (Å²) in [6.45, 7) is 8.92. The Balaban J connectivity index is 2.66. The number of nitrogens with one attached hydrogen (secondary N) is 1. The van der Waals surface area contributed by atoms with E-state index in [2.05, 4.69) is 12.2 Å². The monoisotopic (exact) mass is 278 g/mol. The zero-order valence-electron chi connectivity index (χ0n) is 13.0. The molecule has 0 aromatic heterocycles. The Morgan fingerprint density at radius 3 is 2.70 bits per heavy atom. The van der Waals surface area contributed by atoms with Crippen molar-refractivity contribution >= 4 is 11.6 Å². The number of amides is 1.